The minimum Gasteiger partial charge on any atom is -0.346 e. The predicted molar refractivity (Wildman–Crippen MR) is 34.8 cm³/mol. The molecule has 0 aromatic heterocycles. The summed E-state index contributed by atoms with van der Waals surface area (Å²) < 4.78 is 0. The summed E-state index contributed by atoms with van der Waals surface area (Å²) in [6, 6.07) is -0.626. The Morgan fingerprint density at radius 1 is 1.70 bits per heavy atom. The molecule has 1 radical (unpaired) electrons. The Balaban J connectivity index is 3.50. The Bertz CT molecular complexity index is 144. The molecule has 0 fully saturated rings. The lowest BCUT2D eigenvalue weighted by Gasteiger charge is -2.03. The van der Waals surface area contributed by atoms with Gasteiger partial charge >= 0.3 is 0 Å². The van der Waals surface area contributed by atoms with E-state index in [1.807, 2.05) is 0 Å². The van der Waals surface area contributed by atoms with Crippen LogP contribution in [0.15, 0.2) is 0 Å². The van der Waals surface area contributed by atoms with Crippen LogP contribution in [0.1, 0.15) is 6.92 Å². The number of nitrogens with one attached hydrogen (secondary N) is 2. The van der Waals surface area contributed by atoms with Gasteiger partial charge in [0.25, 0.3) is 5.91 Å². The van der Waals surface area contributed by atoms with E-state index in [1.54, 1.807) is 0 Å². The minimum atomic E-state index is -0.825. The van der Waals surface area contributed by atoms with E-state index < -0.39 is 17.9 Å². The smallest absolute Gasteiger partial charge is 0.257 e. The molecule has 5 nitrogen and oxygen atoms in total. The number of rotatable bonds is 3. The van der Waals surface area contributed by atoms with E-state index in [1.165, 1.54) is 6.92 Å². The van der Waals surface area contributed by atoms with Crippen LogP contribution in [0.5, 0.6) is 0 Å². The molecule has 10 heavy (non-hydrogen) atoms. The molecule has 5 heteroatoms. The Hall–Kier alpha value is -1.10. The molecule has 2 amide bonds. The summed E-state index contributed by atoms with van der Waals surface area (Å²) in [5.74, 6) is -1.24. The van der Waals surface area contributed by atoms with Crippen molar-refractivity contribution in [3.8, 4) is 0 Å². The number of carbonyl (C=O) groups excluding carboxylic acids is 2. The van der Waals surface area contributed by atoms with Crippen LogP contribution in [0.4, 0.5) is 0 Å². The number of hydrogen-bond acceptors (Lipinski definition) is 3. The Labute approximate surface area is 58.8 Å². The van der Waals surface area contributed by atoms with Gasteiger partial charge < -0.3 is 11.1 Å². The van der Waals surface area contributed by atoms with Crippen LogP contribution in [0.3, 0.4) is 0 Å². The largest absolute Gasteiger partial charge is 0.346 e. The van der Waals surface area contributed by atoms with Crippen LogP contribution in [0.2, 0.25) is 0 Å². The molecule has 0 saturated heterocycles. The van der Waals surface area contributed by atoms with Crippen LogP contribution >= 0.6 is 0 Å². The van der Waals surface area contributed by atoms with Crippen LogP contribution in [0.25, 0.3) is 0 Å². The summed E-state index contributed by atoms with van der Waals surface area (Å²) in [7, 11) is 0. The third-order valence-electron chi connectivity index (χ3n) is 0.837. The Kier molecular flexibility index (Phi) is 3.42. The maximum absolute atomic E-state index is 10.6. The number of nitrogens with two attached hydrogens (primary N) is 1. The zero-order valence-corrected chi connectivity index (χ0v) is 5.68. The molecular formula is C5H10N3O2. The van der Waals surface area contributed by atoms with Gasteiger partial charge in [-0.15, -0.1) is 0 Å². The Morgan fingerprint density at radius 2 is 2.20 bits per heavy atom. The highest BCUT2D eigenvalue weighted by Gasteiger charge is 2.06. The molecule has 0 aromatic rings. The summed E-state index contributed by atoms with van der Waals surface area (Å²) in [5, 5.41) is 2.18. The van der Waals surface area contributed by atoms with Crippen molar-refractivity contribution in [2.75, 3.05) is 6.54 Å². The van der Waals surface area contributed by atoms with E-state index in [4.69, 9.17) is 11.5 Å². The summed E-state index contributed by atoms with van der Waals surface area (Å²) in [4.78, 5) is 20.6. The fourth-order valence-corrected chi connectivity index (χ4v) is 0.328. The molecule has 0 heterocycles. The second-order valence-corrected chi connectivity index (χ2v) is 1.93. The van der Waals surface area contributed by atoms with Gasteiger partial charge in [-0.05, 0) is 6.92 Å². The zero-order chi connectivity index (χ0) is 8.15. The first kappa shape index (κ1) is 8.90. The molecule has 0 aromatic carbocycles. The average Bonchev–Trinajstić information content (AvgIpc) is 1.82. The third kappa shape index (κ3) is 3.85. The van der Waals surface area contributed by atoms with Crippen LogP contribution in [0, 0.1) is 0 Å². The quantitative estimate of drug-likeness (QED) is 0.492. The van der Waals surface area contributed by atoms with Crippen molar-refractivity contribution in [2.24, 2.45) is 5.73 Å². The van der Waals surface area contributed by atoms with Gasteiger partial charge in [0.15, 0.2) is 0 Å². The molecule has 0 spiro atoms. The summed E-state index contributed by atoms with van der Waals surface area (Å²) in [6.07, 6.45) is 0. The minimum absolute atomic E-state index is 0.264. The van der Waals surface area contributed by atoms with Crippen LogP contribution in [-0.2, 0) is 9.59 Å². The first-order chi connectivity index (χ1) is 4.54. The molecule has 0 saturated carbocycles. The van der Waals surface area contributed by atoms with Crippen LogP contribution in [-0.4, -0.2) is 24.4 Å². The molecule has 0 bridgehead atoms. The second kappa shape index (κ2) is 3.84. The van der Waals surface area contributed by atoms with E-state index in [0.717, 1.165) is 0 Å². The monoisotopic (exact) mass is 144 g/mol. The number of hydrogen-bond donors (Lipinski definition) is 2. The first-order valence-corrected chi connectivity index (χ1v) is 2.81. The molecule has 0 rings (SSSR count). The lowest BCUT2D eigenvalue weighted by Crippen LogP contribution is -2.40. The highest BCUT2D eigenvalue weighted by molar-refractivity contribution is 5.85. The molecule has 4 N–H and O–H groups in total. The maximum atomic E-state index is 10.6. The highest BCUT2D eigenvalue weighted by Crippen LogP contribution is 1.72. The molecule has 0 unspecified atom stereocenters. The fraction of sp³-hybridized carbons (Fsp3) is 0.600. The molecule has 0 aliphatic rings. The molecular weight excluding hydrogens is 134 g/mol. The third-order valence-corrected chi connectivity index (χ3v) is 0.837. The maximum Gasteiger partial charge on any atom is 0.257 e. The standard InChI is InChI=1S/C5H10N3O2/c1-3(6)5(10)8-2-4(7)9/h3,7H,2,6H2,1H3,(H,8,10)/t3-/m0/s1. The molecule has 1 atom stereocenters. The first-order valence-electron chi connectivity index (χ1n) is 2.81. The van der Waals surface area contributed by atoms with Crippen LogP contribution < -0.4 is 16.8 Å². The molecule has 0 aliphatic heterocycles. The van der Waals surface area contributed by atoms with Crippen molar-refractivity contribution in [2.45, 2.75) is 13.0 Å². The predicted octanol–water partition coefficient (Wildman–Crippen LogP) is -1.74. The van der Waals surface area contributed by atoms with E-state index in [-0.39, 0.29) is 6.54 Å². The van der Waals surface area contributed by atoms with Crippen molar-refractivity contribution < 1.29 is 9.59 Å². The van der Waals surface area contributed by atoms with Crippen molar-refractivity contribution in [3.63, 3.8) is 0 Å². The normalized spacial score (nSPS) is 12.2. The van der Waals surface area contributed by atoms with E-state index >= 15 is 0 Å². The summed E-state index contributed by atoms with van der Waals surface area (Å²) in [5.41, 5.74) is 11.6. The van der Waals surface area contributed by atoms with Gasteiger partial charge in [-0.2, -0.15) is 0 Å². The fourth-order valence-electron chi connectivity index (χ4n) is 0.328. The van der Waals surface area contributed by atoms with Crippen molar-refractivity contribution in [3.05, 3.63) is 0 Å². The van der Waals surface area contributed by atoms with E-state index in [0.29, 0.717) is 0 Å². The lowest BCUT2D eigenvalue weighted by molar-refractivity contribution is -0.125. The molecule has 57 valence electrons. The van der Waals surface area contributed by atoms with Crippen molar-refractivity contribution >= 4 is 11.8 Å². The number of amides is 2. The van der Waals surface area contributed by atoms with Gasteiger partial charge in [-0.25, -0.2) is 0 Å². The van der Waals surface area contributed by atoms with E-state index in [2.05, 4.69) is 5.32 Å². The lowest BCUT2D eigenvalue weighted by atomic mass is 10.3. The van der Waals surface area contributed by atoms with Gasteiger partial charge in [0, 0.05) is 0 Å². The van der Waals surface area contributed by atoms with Gasteiger partial charge in [0.05, 0.1) is 12.6 Å². The molecule has 0 aliphatic carbocycles. The average molecular weight is 144 g/mol. The van der Waals surface area contributed by atoms with Gasteiger partial charge in [-0.1, -0.05) is 0 Å². The Morgan fingerprint density at radius 3 is 2.50 bits per heavy atom. The van der Waals surface area contributed by atoms with E-state index in [9.17, 15) is 9.59 Å². The van der Waals surface area contributed by atoms with Crippen molar-refractivity contribution in [1.29, 1.82) is 0 Å². The van der Waals surface area contributed by atoms with Gasteiger partial charge in [-0.3, -0.25) is 15.3 Å². The SMILES string of the molecule is C[C@H](N)C(=O)NCC([NH])=O. The summed E-state index contributed by atoms with van der Waals surface area (Å²) in [6.45, 7) is 1.24. The summed E-state index contributed by atoms with van der Waals surface area (Å²) >= 11 is 0. The zero-order valence-electron chi connectivity index (χ0n) is 5.68. The highest BCUT2D eigenvalue weighted by atomic mass is 16.2. The van der Waals surface area contributed by atoms with Gasteiger partial charge in [0.2, 0.25) is 5.91 Å². The number of carbonyl (C=O) groups is 2. The van der Waals surface area contributed by atoms with Crippen molar-refractivity contribution in [1.82, 2.24) is 11.1 Å². The van der Waals surface area contributed by atoms with Gasteiger partial charge in [0.1, 0.15) is 0 Å². The topological polar surface area (TPSA) is 96.0 Å². The second-order valence-electron chi connectivity index (χ2n) is 1.93.